The van der Waals surface area contributed by atoms with Crippen LogP contribution in [0.3, 0.4) is 0 Å². The summed E-state index contributed by atoms with van der Waals surface area (Å²) >= 11 is 1.45. The Bertz CT molecular complexity index is 622. The van der Waals surface area contributed by atoms with Gasteiger partial charge in [0.15, 0.2) is 17.3 Å². The zero-order chi connectivity index (χ0) is 15.2. The van der Waals surface area contributed by atoms with Crippen molar-refractivity contribution in [1.29, 1.82) is 0 Å². The molecule has 0 radical (unpaired) electrons. The van der Waals surface area contributed by atoms with Crippen molar-refractivity contribution in [2.75, 3.05) is 13.2 Å². The van der Waals surface area contributed by atoms with Gasteiger partial charge in [-0.2, -0.15) is 0 Å². The van der Waals surface area contributed by atoms with Crippen molar-refractivity contribution >= 4 is 17.1 Å². The quantitative estimate of drug-likeness (QED) is 0.719. The molecule has 1 heterocycles. The molecule has 0 aliphatic rings. The molecule has 0 N–H and O–H groups in total. The van der Waals surface area contributed by atoms with Crippen molar-refractivity contribution in [3.8, 4) is 22.1 Å². The predicted octanol–water partition coefficient (Wildman–Crippen LogP) is 4.20. The summed E-state index contributed by atoms with van der Waals surface area (Å²) in [6, 6.07) is 5.75. The fraction of sp³-hybridized carbons (Fsp3) is 0.375. The lowest BCUT2D eigenvalue weighted by Gasteiger charge is -2.12. The largest absolute Gasteiger partial charge is 0.490 e. The number of carbonyl (C=O) groups excluding carboxylic acids is 1. The van der Waals surface area contributed by atoms with Crippen LogP contribution in [-0.2, 0) is 0 Å². The molecule has 112 valence electrons. The molecule has 0 atom stereocenters. The molecule has 1 aromatic heterocycles. The third-order valence-electron chi connectivity index (χ3n) is 2.82. The lowest BCUT2D eigenvalue weighted by Crippen LogP contribution is -2.00. The van der Waals surface area contributed by atoms with Crippen LogP contribution in [0.1, 0.15) is 37.7 Å². The van der Waals surface area contributed by atoms with Crippen molar-refractivity contribution in [3.63, 3.8) is 0 Å². The standard InChI is InChI=1S/C16H19NO3S/c1-4-8-20-14-7-6-12(9-15(14)19-5-2)16-17-13(10-21-16)11(3)18/h6-7,9-10H,4-5,8H2,1-3H3. The molecule has 2 aromatic rings. The van der Waals surface area contributed by atoms with Crippen LogP contribution < -0.4 is 9.47 Å². The first-order valence-corrected chi connectivity index (χ1v) is 7.90. The number of hydrogen-bond acceptors (Lipinski definition) is 5. The van der Waals surface area contributed by atoms with Gasteiger partial charge in [0.25, 0.3) is 0 Å². The summed E-state index contributed by atoms with van der Waals surface area (Å²) in [6.07, 6.45) is 0.946. The molecular weight excluding hydrogens is 286 g/mol. The van der Waals surface area contributed by atoms with E-state index in [0.717, 1.165) is 22.7 Å². The maximum atomic E-state index is 11.3. The van der Waals surface area contributed by atoms with Crippen molar-refractivity contribution in [2.24, 2.45) is 0 Å². The van der Waals surface area contributed by atoms with Crippen LogP contribution in [0.15, 0.2) is 23.6 Å². The molecule has 0 aliphatic carbocycles. The topological polar surface area (TPSA) is 48.4 Å². The molecule has 0 amide bonds. The molecule has 21 heavy (non-hydrogen) atoms. The number of carbonyl (C=O) groups is 1. The summed E-state index contributed by atoms with van der Waals surface area (Å²) < 4.78 is 11.3. The van der Waals surface area contributed by atoms with Gasteiger partial charge in [-0.25, -0.2) is 4.98 Å². The molecule has 0 bridgehead atoms. The number of hydrogen-bond donors (Lipinski definition) is 0. The molecule has 0 saturated heterocycles. The third-order valence-corrected chi connectivity index (χ3v) is 3.71. The molecule has 2 rings (SSSR count). The van der Waals surface area contributed by atoms with E-state index in [2.05, 4.69) is 11.9 Å². The summed E-state index contributed by atoms with van der Waals surface area (Å²) in [5.41, 5.74) is 1.43. The summed E-state index contributed by atoms with van der Waals surface area (Å²) in [7, 11) is 0. The maximum Gasteiger partial charge on any atom is 0.178 e. The number of ketones is 1. The molecule has 0 aliphatic heterocycles. The van der Waals surface area contributed by atoms with E-state index in [0.29, 0.717) is 24.7 Å². The minimum absolute atomic E-state index is 0.0227. The Kier molecular flexibility index (Phi) is 5.33. The summed E-state index contributed by atoms with van der Waals surface area (Å²) in [5, 5.41) is 2.59. The number of aromatic nitrogens is 1. The first kappa shape index (κ1) is 15.5. The first-order valence-electron chi connectivity index (χ1n) is 7.02. The van der Waals surface area contributed by atoms with Crippen LogP contribution >= 0.6 is 11.3 Å². The molecular formula is C16H19NO3S. The molecule has 0 unspecified atom stereocenters. The van der Waals surface area contributed by atoms with Gasteiger partial charge in [0.1, 0.15) is 10.7 Å². The SMILES string of the molecule is CCCOc1ccc(-c2nc(C(C)=O)cs2)cc1OCC. The Morgan fingerprint density at radius 1 is 1.24 bits per heavy atom. The van der Waals surface area contributed by atoms with E-state index >= 15 is 0 Å². The lowest BCUT2D eigenvalue weighted by atomic mass is 10.2. The van der Waals surface area contributed by atoms with Crippen LogP contribution in [0, 0.1) is 0 Å². The molecule has 5 heteroatoms. The van der Waals surface area contributed by atoms with Gasteiger partial charge in [-0.3, -0.25) is 4.79 Å². The van der Waals surface area contributed by atoms with Gasteiger partial charge in [-0.15, -0.1) is 11.3 Å². The van der Waals surface area contributed by atoms with E-state index in [1.54, 1.807) is 5.38 Å². The minimum Gasteiger partial charge on any atom is -0.490 e. The lowest BCUT2D eigenvalue weighted by molar-refractivity contribution is 0.101. The Morgan fingerprint density at radius 3 is 2.67 bits per heavy atom. The smallest absolute Gasteiger partial charge is 0.178 e. The van der Waals surface area contributed by atoms with Gasteiger partial charge in [0, 0.05) is 17.9 Å². The maximum absolute atomic E-state index is 11.3. The molecule has 0 fully saturated rings. The monoisotopic (exact) mass is 305 g/mol. The Morgan fingerprint density at radius 2 is 2.05 bits per heavy atom. The van der Waals surface area contributed by atoms with Crippen LogP contribution in [-0.4, -0.2) is 24.0 Å². The van der Waals surface area contributed by atoms with E-state index < -0.39 is 0 Å². The van der Waals surface area contributed by atoms with Gasteiger partial charge < -0.3 is 9.47 Å². The van der Waals surface area contributed by atoms with E-state index in [9.17, 15) is 4.79 Å². The highest BCUT2D eigenvalue weighted by atomic mass is 32.1. The van der Waals surface area contributed by atoms with Crippen LogP contribution in [0.5, 0.6) is 11.5 Å². The van der Waals surface area contributed by atoms with Crippen LogP contribution in [0.25, 0.3) is 10.6 Å². The van der Waals surface area contributed by atoms with Gasteiger partial charge in [0.2, 0.25) is 0 Å². The molecule has 0 spiro atoms. The van der Waals surface area contributed by atoms with Crippen molar-refractivity contribution in [2.45, 2.75) is 27.2 Å². The second-order valence-corrected chi connectivity index (χ2v) is 5.40. The first-order chi connectivity index (χ1) is 10.2. The number of Topliss-reactive ketones (excluding diaryl/α,β-unsaturated/α-hetero) is 1. The van der Waals surface area contributed by atoms with E-state index in [-0.39, 0.29) is 5.78 Å². The molecule has 1 aromatic carbocycles. The second kappa shape index (κ2) is 7.22. The third kappa shape index (κ3) is 3.82. The van der Waals surface area contributed by atoms with E-state index in [1.165, 1.54) is 18.3 Å². The predicted molar refractivity (Wildman–Crippen MR) is 84.5 cm³/mol. The number of benzene rings is 1. The van der Waals surface area contributed by atoms with Gasteiger partial charge in [-0.05, 0) is 31.5 Å². The van der Waals surface area contributed by atoms with Gasteiger partial charge >= 0.3 is 0 Å². The minimum atomic E-state index is -0.0227. The van der Waals surface area contributed by atoms with Crippen molar-refractivity contribution in [1.82, 2.24) is 4.98 Å². The van der Waals surface area contributed by atoms with Gasteiger partial charge in [0.05, 0.1) is 13.2 Å². The average Bonchev–Trinajstić information content (AvgIpc) is 2.96. The molecule has 0 saturated carbocycles. The highest BCUT2D eigenvalue weighted by Crippen LogP contribution is 2.34. The normalized spacial score (nSPS) is 10.4. The number of thiazole rings is 1. The van der Waals surface area contributed by atoms with Crippen LogP contribution in [0.2, 0.25) is 0 Å². The Hall–Kier alpha value is -1.88. The average molecular weight is 305 g/mol. The zero-order valence-corrected chi connectivity index (χ0v) is 13.3. The highest BCUT2D eigenvalue weighted by molar-refractivity contribution is 7.13. The number of nitrogens with zero attached hydrogens (tertiary/aromatic N) is 1. The summed E-state index contributed by atoms with van der Waals surface area (Å²) in [4.78, 5) is 15.7. The van der Waals surface area contributed by atoms with Crippen molar-refractivity contribution < 1.29 is 14.3 Å². The number of ether oxygens (including phenoxy) is 2. The summed E-state index contributed by atoms with van der Waals surface area (Å²) in [6.45, 7) is 6.75. The fourth-order valence-corrected chi connectivity index (χ4v) is 2.66. The van der Waals surface area contributed by atoms with Crippen molar-refractivity contribution in [3.05, 3.63) is 29.3 Å². The Labute approximate surface area is 128 Å². The number of rotatable bonds is 7. The van der Waals surface area contributed by atoms with Gasteiger partial charge in [-0.1, -0.05) is 6.92 Å². The van der Waals surface area contributed by atoms with E-state index in [4.69, 9.17) is 9.47 Å². The Balaban J connectivity index is 2.31. The summed E-state index contributed by atoms with van der Waals surface area (Å²) in [5.74, 6) is 1.43. The zero-order valence-electron chi connectivity index (χ0n) is 12.5. The van der Waals surface area contributed by atoms with Crippen LogP contribution in [0.4, 0.5) is 0 Å². The molecule has 4 nitrogen and oxygen atoms in total. The fourth-order valence-electron chi connectivity index (χ4n) is 1.81. The highest BCUT2D eigenvalue weighted by Gasteiger charge is 2.12. The second-order valence-electron chi connectivity index (χ2n) is 4.54. The van der Waals surface area contributed by atoms with E-state index in [1.807, 2.05) is 25.1 Å².